The number of benzene rings is 1. The van der Waals surface area contributed by atoms with Crippen molar-refractivity contribution in [2.24, 2.45) is 5.92 Å². The first-order chi connectivity index (χ1) is 9.12. The van der Waals surface area contributed by atoms with Crippen molar-refractivity contribution in [3.8, 4) is 0 Å². The number of ether oxygens (including phenoxy) is 1. The van der Waals surface area contributed by atoms with Gasteiger partial charge in [0, 0.05) is 10.7 Å². The molecule has 0 saturated carbocycles. The van der Waals surface area contributed by atoms with E-state index in [2.05, 4.69) is 19.2 Å². The van der Waals surface area contributed by atoms with Crippen LogP contribution in [0.25, 0.3) is 0 Å². The van der Waals surface area contributed by atoms with Gasteiger partial charge in [-0.25, -0.2) is 4.79 Å². The van der Waals surface area contributed by atoms with Gasteiger partial charge in [-0.2, -0.15) is 0 Å². The van der Waals surface area contributed by atoms with Crippen LogP contribution in [0.15, 0.2) is 24.3 Å². The standard InChI is InChI=1S/C15H22ClNO2/c1-4-11(5-2)14(15(18)19-6-3)17-13-9-7-12(16)8-10-13/h7-11,14,17H,4-6H2,1-3H3. The van der Waals surface area contributed by atoms with Crippen LogP contribution in [0.3, 0.4) is 0 Å². The Morgan fingerprint density at radius 2 is 1.79 bits per heavy atom. The molecule has 1 atom stereocenters. The molecule has 0 radical (unpaired) electrons. The van der Waals surface area contributed by atoms with Gasteiger partial charge in [0.05, 0.1) is 6.61 Å². The van der Waals surface area contributed by atoms with E-state index in [0.29, 0.717) is 11.6 Å². The zero-order valence-corrected chi connectivity index (χ0v) is 12.5. The van der Waals surface area contributed by atoms with Crippen molar-refractivity contribution in [1.29, 1.82) is 0 Å². The summed E-state index contributed by atoms with van der Waals surface area (Å²) in [6.45, 7) is 6.40. The molecule has 0 aliphatic carbocycles. The molecule has 0 amide bonds. The lowest BCUT2D eigenvalue weighted by Gasteiger charge is -2.25. The lowest BCUT2D eigenvalue weighted by atomic mass is 9.94. The molecule has 0 fully saturated rings. The highest BCUT2D eigenvalue weighted by Gasteiger charge is 2.27. The smallest absolute Gasteiger partial charge is 0.328 e. The van der Waals surface area contributed by atoms with Gasteiger partial charge in [0.25, 0.3) is 0 Å². The van der Waals surface area contributed by atoms with E-state index in [1.165, 1.54) is 0 Å². The molecular formula is C15H22ClNO2. The highest BCUT2D eigenvalue weighted by Crippen LogP contribution is 2.21. The first kappa shape index (κ1) is 15.8. The van der Waals surface area contributed by atoms with Gasteiger partial charge in [0.15, 0.2) is 0 Å². The molecule has 1 rings (SSSR count). The molecule has 3 nitrogen and oxygen atoms in total. The molecule has 0 aromatic heterocycles. The molecule has 0 spiro atoms. The van der Waals surface area contributed by atoms with Crippen molar-refractivity contribution in [2.45, 2.75) is 39.7 Å². The predicted octanol–water partition coefficient (Wildman–Crippen LogP) is 4.12. The Morgan fingerprint density at radius 3 is 2.26 bits per heavy atom. The summed E-state index contributed by atoms with van der Waals surface area (Å²) in [6, 6.07) is 7.04. The van der Waals surface area contributed by atoms with E-state index in [4.69, 9.17) is 16.3 Å². The van der Waals surface area contributed by atoms with Crippen LogP contribution in [0, 0.1) is 5.92 Å². The average molecular weight is 284 g/mol. The van der Waals surface area contributed by atoms with Gasteiger partial charge >= 0.3 is 5.97 Å². The third-order valence-electron chi connectivity index (χ3n) is 3.23. The molecule has 0 bridgehead atoms. The minimum atomic E-state index is -0.309. The number of hydrogen-bond donors (Lipinski definition) is 1. The Labute approximate surface area is 120 Å². The Bertz CT molecular complexity index is 388. The van der Waals surface area contributed by atoms with Crippen LogP contribution < -0.4 is 5.32 Å². The van der Waals surface area contributed by atoms with Gasteiger partial charge in [0.2, 0.25) is 0 Å². The summed E-state index contributed by atoms with van der Waals surface area (Å²) < 4.78 is 5.16. The monoisotopic (exact) mass is 283 g/mol. The molecule has 4 heteroatoms. The highest BCUT2D eigenvalue weighted by atomic mass is 35.5. The van der Waals surface area contributed by atoms with Crippen molar-refractivity contribution in [3.05, 3.63) is 29.3 Å². The number of esters is 1. The predicted molar refractivity (Wildman–Crippen MR) is 79.6 cm³/mol. The minimum Gasteiger partial charge on any atom is -0.464 e. The lowest BCUT2D eigenvalue weighted by molar-refractivity contribution is -0.145. The third kappa shape index (κ3) is 4.75. The fourth-order valence-corrected chi connectivity index (χ4v) is 2.21. The summed E-state index contributed by atoms with van der Waals surface area (Å²) in [6.07, 6.45) is 1.86. The number of anilines is 1. The van der Waals surface area contributed by atoms with E-state index in [-0.39, 0.29) is 17.9 Å². The number of carbonyl (C=O) groups excluding carboxylic acids is 1. The molecule has 1 unspecified atom stereocenters. The summed E-state index contributed by atoms with van der Waals surface area (Å²) in [5.41, 5.74) is 0.884. The number of halogens is 1. The number of nitrogens with one attached hydrogen (secondary N) is 1. The van der Waals surface area contributed by atoms with Gasteiger partial charge in [-0.1, -0.05) is 38.3 Å². The van der Waals surface area contributed by atoms with Gasteiger partial charge < -0.3 is 10.1 Å². The Hall–Kier alpha value is -1.22. The summed E-state index contributed by atoms with van der Waals surface area (Å²) in [5.74, 6) is 0.0703. The van der Waals surface area contributed by atoms with Gasteiger partial charge in [-0.05, 0) is 37.1 Å². The van der Waals surface area contributed by atoms with Crippen LogP contribution in [0.2, 0.25) is 5.02 Å². The summed E-state index contributed by atoms with van der Waals surface area (Å²) in [7, 11) is 0. The first-order valence-corrected chi connectivity index (χ1v) is 7.18. The lowest BCUT2D eigenvalue weighted by Crippen LogP contribution is -2.38. The van der Waals surface area contributed by atoms with Crippen LogP contribution in [0.4, 0.5) is 5.69 Å². The van der Waals surface area contributed by atoms with Crippen molar-refractivity contribution in [2.75, 3.05) is 11.9 Å². The minimum absolute atomic E-state index is 0.189. The number of rotatable bonds is 7. The van der Waals surface area contributed by atoms with E-state index in [0.717, 1.165) is 18.5 Å². The highest BCUT2D eigenvalue weighted by molar-refractivity contribution is 6.30. The summed E-state index contributed by atoms with van der Waals surface area (Å²) in [4.78, 5) is 12.1. The van der Waals surface area contributed by atoms with Crippen LogP contribution in [0.5, 0.6) is 0 Å². The number of hydrogen-bond acceptors (Lipinski definition) is 3. The summed E-state index contributed by atoms with van der Waals surface area (Å²) in [5, 5.41) is 3.94. The molecule has 1 N–H and O–H groups in total. The van der Waals surface area contributed by atoms with Crippen molar-refractivity contribution in [3.63, 3.8) is 0 Å². The first-order valence-electron chi connectivity index (χ1n) is 6.81. The normalized spacial score (nSPS) is 12.3. The van der Waals surface area contributed by atoms with Crippen molar-refractivity contribution >= 4 is 23.3 Å². The fourth-order valence-electron chi connectivity index (χ4n) is 2.09. The largest absolute Gasteiger partial charge is 0.464 e. The molecule has 1 aromatic carbocycles. The van der Waals surface area contributed by atoms with E-state index in [1.807, 2.05) is 19.1 Å². The quantitative estimate of drug-likeness (QED) is 0.765. The third-order valence-corrected chi connectivity index (χ3v) is 3.48. The van der Waals surface area contributed by atoms with Crippen molar-refractivity contribution in [1.82, 2.24) is 0 Å². The molecule has 1 aromatic rings. The van der Waals surface area contributed by atoms with Crippen LogP contribution in [-0.2, 0) is 9.53 Å². The second-order valence-electron chi connectivity index (χ2n) is 4.46. The molecule has 0 aliphatic rings. The van der Waals surface area contributed by atoms with Gasteiger partial charge in [0.1, 0.15) is 6.04 Å². The van der Waals surface area contributed by atoms with Crippen molar-refractivity contribution < 1.29 is 9.53 Å². The van der Waals surface area contributed by atoms with Crippen LogP contribution >= 0.6 is 11.6 Å². The summed E-state index contributed by atoms with van der Waals surface area (Å²) >= 11 is 5.86. The second-order valence-corrected chi connectivity index (χ2v) is 4.89. The van der Waals surface area contributed by atoms with Gasteiger partial charge in [-0.3, -0.25) is 0 Å². The maximum atomic E-state index is 12.1. The molecule has 0 saturated heterocycles. The maximum Gasteiger partial charge on any atom is 0.328 e. The van der Waals surface area contributed by atoms with E-state index >= 15 is 0 Å². The Morgan fingerprint density at radius 1 is 1.21 bits per heavy atom. The zero-order valence-electron chi connectivity index (χ0n) is 11.8. The Kier molecular flexibility index (Phi) is 6.71. The number of carbonyl (C=O) groups is 1. The molecule has 0 aliphatic heterocycles. The van der Waals surface area contributed by atoms with Crippen LogP contribution in [0.1, 0.15) is 33.6 Å². The topological polar surface area (TPSA) is 38.3 Å². The molecule has 19 heavy (non-hydrogen) atoms. The fraction of sp³-hybridized carbons (Fsp3) is 0.533. The molecule has 0 heterocycles. The average Bonchev–Trinajstić information content (AvgIpc) is 2.41. The van der Waals surface area contributed by atoms with Gasteiger partial charge in [-0.15, -0.1) is 0 Å². The Balaban J connectivity index is 2.83. The van der Waals surface area contributed by atoms with E-state index in [1.54, 1.807) is 12.1 Å². The second kappa shape index (κ2) is 8.05. The molecule has 106 valence electrons. The van der Waals surface area contributed by atoms with Crippen LogP contribution in [-0.4, -0.2) is 18.6 Å². The van der Waals surface area contributed by atoms with E-state index in [9.17, 15) is 4.79 Å². The SMILES string of the molecule is CCOC(=O)C(Nc1ccc(Cl)cc1)C(CC)CC. The molecular weight excluding hydrogens is 262 g/mol. The maximum absolute atomic E-state index is 12.1. The zero-order chi connectivity index (χ0) is 14.3. The van der Waals surface area contributed by atoms with E-state index < -0.39 is 0 Å².